The van der Waals surface area contributed by atoms with Crippen molar-refractivity contribution in [2.24, 2.45) is 0 Å². The molecule has 0 spiro atoms. The Morgan fingerprint density at radius 3 is 2.64 bits per heavy atom. The van der Waals surface area contributed by atoms with Crippen LogP contribution < -0.4 is 14.8 Å². The van der Waals surface area contributed by atoms with Gasteiger partial charge in [0.05, 0.1) is 12.8 Å². The maximum Gasteiger partial charge on any atom is 0.459 e. The molecule has 0 saturated carbocycles. The van der Waals surface area contributed by atoms with E-state index in [-0.39, 0.29) is 11.6 Å². The van der Waals surface area contributed by atoms with Gasteiger partial charge in [-0.3, -0.25) is 4.68 Å². The Balaban J connectivity index is 1.56. The molecule has 4 rings (SSSR count). The SMILES string of the molecule is COc1ccc(-c2ccc3c(c2NC(=O)NS(=O)(=O)c2ccn(CC(C)(C)B(O)O)n2)CCC3)cn1. The molecule has 1 aromatic carbocycles. The third-order valence-electron chi connectivity index (χ3n) is 6.16. The number of carbonyl (C=O) groups excluding carboxylic acids is 1. The number of nitrogens with zero attached hydrogens (tertiary/aromatic N) is 3. The summed E-state index contributed by atoms with van der Waals surface area (Å²) in [6, 6.07) is 7.75. The quantitative estimate of drug-likeness (QED) is 0.334. The zero-order chi connectivity index (χ0) is 26.1. The van der Waals surface area contributed by atoms with Crippen LogP contribution in [-0.4, -0.2) is 53.5 Å². The van der Waals surface area contributed by atoms with Crippen molar-refractivity contribution in [3.05, 3.63) is 53.9 Å². The Labute approximate surface area is 209 Å². The summed E-state index contributed by atoms with van der Waals surface area (Å²) in [4.78, 5) is 17.1. The summed E-state index contributed by atoms with van der Waals surface area (Å²) in [6.45, 7) is 3.27. The van der Waals surface area contributed by atoms with Crippen molar-refractivity contribution < 1.29 is 28.0 Å². The predicted octanol–water partition coefficient (Wildman–Crippen LogP) is 2.21. The Morgan fingerprint density at radius 2 is 1.97 bits per heavy atom. The highest BCUT2D eigenvalue weighted by Gasteiger charge is 2.33. The van der Waals surface area contributed by atoms with Gasteiger partial charge < -0.3 is 20.1 Å². The van der Waals surface area contributed by atoms with Gasteiger partial charge in [-0.1, -0.05) is 26.0 Å². The lowest BCUT2D eigenvalue weighted by molar-refractivity contribution is 0.256. The first kappa shape index (κ1) is 25.7. The van der Waals surface area contributed by atoms with Crippen LogP contribution in [-0.2, 0) is 29.4 Å². The van der Waals surface area contributed by atoms with Gasteiger partial charge in [0.25, 0.3) is 10.0 Å². The van der Waals surface area contributed by atoms with E-state index in [9.17, 15) is 23.3 Å². The number of methoxy groups -OCH3 is 1. The lowest BCUT2D eigenvalue weighted by atomic mass is 9.60. The second-order valence-corrected chi connectivity index (χ2v) is 11.0. The van der Waals surface area contributed by atoms with E-state index >= 15 is 0 Å². The topological polar surface area (TPSA) is 156 Å². The van der Waals surface area contributed by atoms with Gasteiger partial charge in [0.2, 0.25) is 5.88 Å². The van der Waals surface area contributed by atoms with Gasteiger partial charge in [-0.05, 0) is 42.5 Å². The number of ether oxygens (including phenoxy) is 1. The standard InChI is InChI=1S/C23H28BN5O6S/c1-23(2,24(31)32)14-29-12-11-20(27-29)36(33,34)28-22(30)26-21-17-6-4-5-15(17)7-9-18(21)16-8-10-19(35-3)25-13-16/h7-13,31-32H,4-6,14H2,1-3H3,(H2,26,28,30). The van der Waals surface area contributed by atoms with Crippen molar-refractivity contribution in [1.82, 2.24) is 19.5 Å². The number of rotatable bonds is 8. The molecule has 190 valence electrons. The number of anilines is 1. The maximum absolute atomic E-state index is 12.9. The molecule has 0 fully saturated rings. The highest BCUT2D eigenvalue weighted by molar-refractivity contribution is 7.90. The van der Waals surface area contributed by atoms with Crippen molar-refractivity contribution in [1.29, 1.82) is 0 Å². The lowest BCUT2D eigenvalue weighted by Crippen LogP contribution is -2.35. The van der Waals surface area contributed by atoms with E-state index in [1.807, 2.05) is 22.9 Å². The molecule has 1 aliphatic carbocycles. The molecule has 36 heavy (non-hydrogen) atoms. The fourth-order valence-electron chi connectivity index (χ4n) is 4.10. The average molecular weight is 513 g/mol. The first-order valence-corrected chi connectivity index (χ1v) is 12.9. The van der Waals surface area contributed by atoms with E-state index in [1.54, 1.807) is 26.1 Å². The molecule has 0 radical (unpaired) electrons. The first-order valence-electron chi connectivity index (χ1n) is 11.4. The minimum absolute atomic E-state index is 0.0573. The van der Waals surface area contributed by atoms with Crippen LogP contribution in [0.2, 0.25) is 5.31 Å². The number of amides is 2. The van der Waals surface area contributed by atoms with Gasteiger partial charge in [-0.2, -0.15) is 13.5 Å². The molecule has 2 aromatic heterocycles. The molecule has 0 bridgehead atoms. The van der Waals surface area contributed by atoms with Crippen LogP contribution >= 0.6 is 0 Å². The summed E-state index contributed by atoms with van der Waals surface area (Å²) in [7, 11) is -4.38. The monoisotopic (exact) mass is 513 g/mol. The molecule has 13 heteroatoms. The molecule has 0 unspecified atom stereocenters. The van der Waals surface area contributed by atoms with Crippen molar-refractivity contribution in [3.8, 4) is 17.0 Å². The van der Waals surface area contributed by atoms with Crippen molar-refractivity contribution in [2.75, 3.05) is 12.4 Å². The van der Waals surface area contributed by atoms with Crippen LogP contribution in [0.25, 0.3) is 11.1 Å². The third-order valence-corrected chi connectivity index (χ3v) is 7.39. The van der Waals surface area contributed by atoms with Crippen molar-refractivity contribution >= 4 is 28.9 Å². The fourth-order valence-corrected chi connectivity index (χ4v) is 4.95. The van der Waals surface area contributed by atoms with E-state index in [4.69, 9.17) is 4.74 Å². The van der Waals surface area contributed by atoms with Crippen LogP contribution in [0.4, 0.5) is 10.5 Å². The minimum Gasteiger partial charge on any atom is -0.481 e. The average Bonchev–Trinajstić information content (AvgIpc) is 3.49. The van der Waals surface area contributed by atoms with Crippen LogP contribution in [0, 0.1) is 0 Å². The van der Waals surface area contributed by atoms with Gasteiger partial charge in [-0.15, -0.1) is 0 Å². The number of aromatic nitrogens is 3. The maximum atomic E-state index is 12.9. The Bertz CT molecular complexity index is 1370. The largest absolute Gasteiger partial charge is 0.481 e. The van der Waals surface area contributed by atoms with Crippen LogP contribution in [0.5, 0.6) is 5.88 Å². The second-order valence-electron chi connectivity index (χ2n) is 9.34. The molecule has 4 N–H and O–H groups in total. The number of pyridine rings is 1. The molecule has 2 amide bonds. The molecule has 3 aromatic rings. The second kappa shape index (κ2) is 9.92. The minimum atomic E-state index is -4.28. The van der Waals surface area contributed by atoms with Crippen LogP contribution in [0.15, 0.2) is 47.8 Å². The normalized spacial score (nSPS) is 13.2. The lowest BCUT2D eigenvalue weighted by Gasteiger charge is -2.22. The molecular formula is C23H28BN5O6S. The summed E-state index contributed by atoms with van der Waals surface area (Å²) >= 11 is 0. The number of urea groups is 1. The summed E-state index contributed by atoms with van der Waals surface area (Å²) in [5, 5.41) is 24.4. The first-order chi connectivity index (χ1) is 17.0. The van der Waals surface area contributed by atoms with E-state index in [0.29, 0.717) is 17.1 Å². The Morgan fingerprint density at radius 1 is 1.19 bits per heavy atom. The Hall–Kier alpha value is -3.42. The third kappa shape index (κ3) is 5.37. The molecule has 0 saturated heterocycles. The van der Waals surface area contributed by atoms with Crippen molar-refractivity contribution in [3.63, 3.8) is 0 Å². The number of hydrogen-bond acceptors (Lipinski definition) is 8. The van der Waals surface area contributed by atoms with E-state index in [0.717, 1.165) is 36.0 Å². The summed E-state index contributed by atoms with van der Waals surface area (Å²) in [6.07, 6.45) is 5.60. The van der Waals surface area contributed by atoms with E-state index < -0.39 is 28.5 Å². The molecule has 0 atom stereocenters. The van der Waals surface area contributed by atoms with Gasteiger partial charge in [0.15, 0.2) is 5.03 Å². The zero-order valence-electron chi connectivity index (χ0n) is 20.2. The highest BCUT2D eigenvalue weighted by Crippen LogP contribution is 2.37. The van der Waals surface area contributed by atoms with Gasteiger partial charge in [0, 0.05) is 41.4 Å². The van der Waals surface area contributed by atoms with Crippen LogP contribution in [0.1, 0.15) is 31.4 Å². The molecule has 1 aliphatic rings. The smallest absolute Gasteiger partial charge is 0.459 e. The molecule has 0 aliphatic heterocycles. The predicted molar refractivity (Wildman–Crippen MR) is 134 cm³/mol. The highest BCUT2D eigenvalue weighted by atomic mass is 32.2. The van der Waals surface area contributed by atoms with E-state index in [2.05, 4.69) is 15.4 Å². The Kier molecular flexibility index (Phi) is 7.07. The number of benzene rings is 1. The van der Waals surface area contributed by atoms with Gasteiger partial charge in [-0.25, -0.2) is 14.5 Å². The van der Waals surface area contributed by atoms with Crippen molar-refractivity contribution in [2.45, 2.75) is 50.0 Å². The number of carbonyl (C=O) groups is 1. The number of sulfonamides is 1. The van der Waals surface area contributed by atoms with Gasteiger partial charge >= 0.3 is 13.1 Å². The number of hydrogen-bond donors (Lipinski definition) is 4. The molecule has 11 nitrogen and oxygen atoms in total. The number of aryl methyl sites for hydroxylation is 1. The summed E-state index contributed by atoms with van der Waals surface area (Å²) < 4.78 is 34.1. The van der Waals surface area contributed by atoms with Gasteiger partial charge in [0.1, 0.15) is 0 Å². The van der Waals surface area contributed by atoms with Crippen LogP contribution in [0.3, 0.4) is 0 Å². The van der Waals surface area contributed by atoms with E-state index in [1.165, 1.54) is 24.1 Å². The zero-order valence-corrected chi connectivity index (χ0v) is 21.0. The number of fused-ring (bicyclic) bond motifs is 1. The molecular weight excluding hydrogens is 485 g/mol. The molecule has 2 heterocycles. The number of nitrogens with one attached hydrogen (secondary N) is 2. The summed E-state index contributed by atoms with van der Waals surface area (Å²) in [5.41, 5.74) is 4.06. The fraction of sp³-hybridized carbons (Fsp3) is 0.348. The summed E-state index contributed by atoms with van der Waals surface area (Å²) in [5.74, 6) is 0.453.